The Morgan fingerprint density at radius 2 is 2.22 bits per heavy atom. The first-order valence-corrected chi connectivity index (χ1v) is 6.58. The van der Waals surface area contributed by atoms with Crippen molar-refractivity contribution in [3.8, 4) is 0 Å². The van der Waals surface area contributed by atoms with Crippen LogP contribution < -0.4 is 0 Å². The minimum atomic E-state index is 0.305. The van der Waals surface area contributed by atoms with E-state index in [1.54, 1.807) is 0 Å². The monoisotopic (exact) mass is 244 g/mol. The Morgan fingerprint density at radius 1 is 1.33 bits per heavy atom. The SMILES string of the molecule is Cc1ccc2ccn(CC3CN(C)CCO3)c2c1. The highest BCUT2D eigenvalue weighted by Gasteiger charge is 2.18. The van der Waals surface area contributed by atoms with Gasteiger partial charge in [0.05, 0.1) is 19.3 Å². The third-order valence-corrected chi connectivity index (χ3v) is 3.67. The molecule has 0 N–H and O–H groups in total. The predicted molar refractivity (Wildman–Crippen MR) is 73.9 cm³/mol. The number of aryl methyl sites for hydroxylation is 1. The van der Waals surface area contributed by atoms with E-state index in [0.29, 0.717) is 6.10 Å². The molecule has 96 valence electrons. The van der Waals surface area contributed by atoms with Gasteiger partial charge in [-0.05, 0) is 37.1 Å². The summed E-state index contributed by atoms with van der Waals surface area (Å²) in [6.07, 6.45) is 2.47. The van der Waals surface area contributed by atoms with Gasteiger partial charge >= 0.3 is 0 Å². The maximum absolute atomic E-state index is 5.84. The molecule has 1 aliphatic rings. The number of aromatic nitrogens is 1. The van der Waals surface area contributed by atoms with Crippen LogP contribution in [0.15, 0.2) is 30.5 Å². The normalized spacial score (nSPS) is 21.6. The molecule has 0 amide bonds. The van der Waals surface area contributed by atoms with E-state index < -0.39 is 0 Å². The molecule has 1 unspecified atom stereocenters. The number of hydrogen-bond acceptors (Lipinski definition) is 2. The summed E-state index contributed by atoms with van der Waals surface area (Å²) >= 11 is 0. The number of morpholine rings is 1. The molecule has 1 aliphatic heterocycles. The highest BCUT2D eigenvalue weighted by atomic mass is 16.5. The number of benzene rings is 1. The van der Waals surface area contributed by atoms with E-state index in [9.17, 15) is 0 Å². The minimum absolute atomic E-state index is 0.305. The maximum Gasteiger partial charge on any atom is 0.0881 e. The second-order valence-electron chi connectivity index (χ2n) is 5.29. The van der Waals surface area contributed by atoms with Gasteiger partial charge in [0, 0.05) is 24.8 Å². The summed E-state index contributed by atoms with van der Waals surface area (Å²) in [5.41, 5.74) is 2.62. The molecule has 1 aromatic heterocycles. The van der Waals surface area contributed by atoms with E-state index >= 15 is 0 Å². The van der Waals surface area contributed by atoms with Crippen molar-refractivity contribution < 1.29 is 4.74 Å². The van der Waals surface area contributed by atoms with Crippen LogP contribution in [0.2, 0.25) is 0 Å². The van der Waals surface area contributed by atoms with Gasteiger partial charge in [0.25, 0.3) is 0 Å². The number of rotatable bonds is 2. The van der Waals surface area contributed by atoms with E-state index in [4.69, 9.17) is 4.74 Å². The van der Waals surface area contributed by atoms with Crippen molar-refractivity contribution in [2.75, 3.05) is 26.7 Å². The molecule has 18 heavy (non-hydrogen) atoms. The molecule has 1 fully saturated rings. The van der Waals surface area contributed by atoms with Crippen molar-refractivity contribution in [2.24, 2.45) is 0 Å². The first-order valence-electron chi connectivity index (χ1n) is 6.58. The zero-order valence-corrected chi connectivity index (χ0v) is 11.1. The summed E-state index contributed by atoms with van der Waals surface area (Å²) in [7, 11) is 2.16. The van der Waals surface area contributed by atoms with Gasteiger partial charge in [-0.25, -0.2) is 0 Å². The molecule has 0 saturated carbocycles. The zero-order valence-electron chi connectivity index (χ0n) is 11.1. The summed E-state index contributed by atoms with van der Waals surface area (Å²) in [6, 6.07) is 8.79. The number of fused-ring (bicyclic) bond motifs is 1. The van der Waals surface area contributed by atoms with Crippen molar-refractivity contribution in [1.29, 1.82) is 0 Å². The molecule has 0 aliphatic carbocycles. The van der Waals surface area contributed by atoms with E-state index in [0.717, 1.165) is 26.2 Å². The topological polar surface area (TPSA) is 17.4 Å². The Labute approximate surface area is 108 Å². The van der Waals surface area contributed by atoms with Gasteiger partial charge in [0.15, 0.2) is 0 Å². The van der Waals surface area contributed by atoms with Crippen molar-refractivity contribution in [3.63, 3.8) is 0 Å². The smallest absolute Gasteiger partial charge is 0.0881 e. The van der Waals surface area contributed by atoms with Gasteiger partial charge in [-0.3, -0.25) is 0 Å². The number of nitrogens with zero attached hydrogens (tertiary/aromatic N) is 2. The molecule has 3 heteroatoms. The van der Waals surface area contributed by atoms with Crippen molar-refractivity contribution >= 4 is 10.9 Å². The van der Waals surface area contributed by atoms with Crippen LogP contribution in [0, 0.1) is 6.92 Å². The average molecular weight is 244 g/mol. The fourth-order valence-electron chi connectivity index (χ4n) is 2.65. The molecule has 0 bridgehead atoms. The van der Waals surface area contributed by atoms with Crippen LogP contribution in [0.5, 0.6) is 0 Å². The molecular formula is C15H20N2O. The lowest BCUT2D eigenvalue weighted by Crippen LogP contribution is -2.41. The molecule has 3 nitrogen and oxygen atoms in total. The van der Waals surface area contributed by atoms with Crippen LogP contribution in [0.3, 0.4) is 0 Å². The van der Waals surface area contributed by atoms with E-state index in [1.165, 1.54) is 16.5 Å². The van der Waals surface area contributed by atoms with Crippen molar-refractivity contribution in [3.05, 3.63) is 36.0 Å². The molecule has 1 saturated heterocycles. The highest BCUT2D eigenvalue weighted by molar-refractivity contribution is 5.80. The van der Waals surface area contributed by atoms with E-state index in [2.05, 4.69) is 53.9 Å². The van der Waals surface area contributed by atoms with Gasteiger partial charge in [0.1, 0.15) is 0 Å². The summed E-state index contributed by atoms with van der Waals surface area (Å²) < 4.78 is 8.15. The molecule has 1 atom stereocenters. The first kappa shape index (κ1) is 11.8. The van der Waals surface area contributed by atoms with Gasteiger partial charge < -0.3 is 14.2 Å². The van der Waals surface area contributed by atoms with Crippen molar-refractivity contribution in [1.82, 2.24) is 9.47 Å². The number of likely N-dealkylation sites (N-methyl/N-ethyl adjacent to an activating group) is 1. The fourth-order valence-corrected chi connectivity index (χ4v) is 2.65. The average Bonchev–Trinajstić information content (AvgIpc) is 2.72. The molecule has 3 rings (SSSR count). The number of hydrogen-bond donors (Lipinski definition) is 0. The Kier molecular flexibility index (Phi) is 3.10. The Bertz CT molecular complexity index is 546. The molecule has 2 heterocycles. The van der Waals surface area contributed by atoms with Crippen LogP contribution in [0.4, 0.5) is 0 Å². The molecule has 0 spiro atoms. The van der Waals surface area contributed by atoms with Gasteiger partial charge in [-0.15, -0.1) is 0 Å². The number of ether oxygens (including phenoxy) is 1. The van der Waals surface area contributed by atoms with Crippen molar-refractivity contribution in [2.45, 2.75) is 19.6 Å². The van der Waals surface area contributed by atoms with Gasteiger partial charge in [0.2, 0.25) is 0 Å². The lowest BCUT2D eigenvalue weighted by atomic mass is 10.2. The standard InChI is InChI=1S/C15H20N2O/c1-12-3-4-13-5-6-17(15(13)9-12)11-14-10-16(2)7-8-18-14/h3-6,9,14H,7-8,10-11H2,1-2H3. The quantitative estimate of drug-likeness (QED) is 0.806. The molecule has 2 aromatic rings. The third-order valence-electron chi connectivity index (χ3n) is 3.67. The summed E-state index contributed by atoms with van der Waals surface area (Å²) in [4.78, 5) is 2.34. The highest BCUT2D eigenvalue weighted by Crippen LogP contribution is 2.18. The summed E-state index contributed by atoms with van der Waals surface area (Å²) in [6.45, 7) is 5.99. The zero-order chi connectivity index (χ0) is 12.5. The Balaban J connectivity index is 1.83. The van der Waals surface area contributed by atoms with Gasteiger partial charge in [-0.1, -0.05) is 12.1 Å². The second kappa shape index (κ2) is 4.75. The lowest BCUT2D eigenvalue weighted by molar-refractivity contribution is -0.0269. The fraction of sp³-hybridized carbons (Fsp3) is 0.467. The molecule has 0 radical (unpaired) electrons. The van der Waals surface area contributed by atoms with E-state index in [1.807, 2.05) is 0 Å². The van der Waals surface area contributed by atoms with Crippen LogP contribution in [-0.4, -0.2) is 42.3 Å². The largest absolute Gasteiger partial charge is 0.374 e. The minimum Gasteiger partial charge on any atom is -0.374 e. The van der Waals surface area contributed by atoms with Crippen LogP contribution in [0.25, 0.3) is 10.9 Å². The third kappa shape index (κ3) is 2.28. The summed E-state index contributed by atoms with van der Waals surface area (Å²) in [5.74, 6) is 0. The summed E-state index contributed by atoms with van der Waals surface area (Å²) in [5, 5.41) is 1.31. The van der Waals surface area contributed by atoms with Crippen LogP contribution >= 0.6 is 0 Å². The molecule has 1 aromatic carbocycles. The van der Waals surface area contributed by atoms with Crippen LogP contribution in [0.1, 0.15) is 5.56 Å². The van der Waals surface area contributed by atoms with E-state index in [-0.39, 0.29) is 0 Å². The van der Waals surface area contributed by atoms with Crippen LogP contribution in [-0.2, 0) is 11.3 Å². The first-order chi connectivity index (χ1) is 8.72. The Morgan fingerprint density at radius 3 is 3.06 bits per heavy atom. The maximum atomic E-state index is 5.84. The lowest BCUT2D eigenvalue weighted by Gasteiger charge is -2.30. The predicted octanol–water partition coefficient (Wildman–Crippen LogP) is 2.28. The second-order valence-corrected chi connectivity index (χ2v) is 5.29. The van der Waals surface area contributed by atoms with Gasteiger partial charge in [-0.2, -0.15) is 0 Å². The Hall–Kier alpha value is -1.32. The molecular weight excluding hydrogens is 224 g/mol.